The molecule has 0 aliphatic carbocycles. The molecule has 3 amide bonds. The van der Waals surface area contributed by atoms with Crippen molar-refractivity contribution in [3.05, 3.63) is 47.5 Å². The Bertz CT molecular complexity index is 1500. The topological polar surface area (TPSA) is 134 Å². The molecule has 4 rings (SSSR count). The van der Waals surface area contributed by atoms with Gasteiger partial charge in [0.15, 0.2) is 5.78 Å². The zero-order valence-corrected chi connectivity index (χ0v) is 26.0. The summed E-state index contributed by atoms with van der Waals surface area (Å²) in [6, 6.07) is 5.28. The second-order valence-corrected chi connectivity index (χ2v) is 12.2. The number of carbonyl (C=O) groups is 3. The molecular formula is C28H34ClF3N4O7S. The van der Waals surface area contributed by atoms with E-state index >= 15 is 0 Å². The van der Waals surface area contributed by atoms with E-state index in [4.69, 9.17) is 9.47 Å². The number of Topliss-reactive ketones (excluding diaryl/α,β-unsaturated/α-hetero) is 1. The molecule has 11 nitrogen and oxygen atoms in total. The van der Waals surface area contributed by atoms with Crippen molar-refractivity contribution in [3.8, 4) is 11.5 Å². The molecule has 0 radical (unpaired) electrons. The number of benzene rings is 2. The number of rotatable bonds is 11. The Morgan fingerprint density at radius 1 is 1.02 bits per heavy atom. The van der Waals surface area contributed by atoms with Crippen LogP contribution in [0.25, 0.3) is 0 Å². The molecule has 0 unspecified atom stereocenters. The third kappa shape index (κ3) is 7.38. The van der Waals surface area contributed by atoms with Crippen molar-refractivity contribution in [1.82, 2.24) is 15.1 Å². The number of ketones is 1. The summed E-state index contributed by atoms with van der Waals surface area (Å²) in [6.07, 6.45) is -2.24. The van der Waals surface area contributed by atoms with Gasteiger partial charge in [-0.2, -0.15) is 13.2 Å². The average Bonchev–Trinajstić information content (AvgIpc) is 3.18. The number of methoxy groups -OCH3 is 2. The number of unbranched alkanes of at least 4 members (excludes halogenated alkanes) is 1. The van der Waals surface area contributed by atoms with Crippen LogP contribution >= 0.6 is 12.4 Å². The lowest BCUT2D eigenvalue weighted by Crippen LogP contribution is -2.54. The Kier molecular flexibility index (Phi) is 10.8. The number of hydrogen-bond acceptors (Lipinski definition) is 8. The summed E-state index contributed by atoms with van der Waals surface area (Å²) < 4.78 is 77.5. The highest BCUT2D eigenvalue weighted by Crippen LogP contribution is 2.36. The molecule has 2 fully saturated rings. The van der Waals surface area contributed by atoms with Gasteiger partial charge in [0.1, 0.15) is 17.0 Å². The van der Waals surface area contributed by atoms with E-state index in [2.05, 4.69) is 14.9 Å². The van der Waals surface area contributed by atoms with Crippen LogP contribution in [0.1, 0.15) is 48.0 Å². The highest BCUT2D eigenvalue weighted by Gasteiger charge is 2.50. The minimum atomic E-state index is -4.62. The molecule has 2 aromatic rings. The van der Waals surface area contributed by atoms with Gasteiger partial charge in [-0.05, 0) is 62.6 Å². The molecular weight excluding hydrogens is 629 g/mol. The quantitative estimate of drug-likeness (QED) is 0.207. The fraction of sp³-hybridized carbons (Fsp3) is 0.464. The fourth-order valence-electron chi connectivity index (χ4n) is 5.23. The first kappa shape index (κ1) is 34.9. The summed E-state index contributed by atoms with van der Waals surface area (Å²) in [7, 11) is -0.208. The Hall–Kier alpha value is -3.56. The zero-order chi connectivity index (χ0) is 31.6. The molecule has 2 aliphatic heterocycles. The number of likely N-dealkylation sites (tertiary alicyclic amines) is 1. The van der Waals surface area contributed by atoms with Crippen molar-refractivity contribution in [2.45, 2.75) is 48.7 Å². The van der Waals surface area contributed by atoms with Gasteiger partial charge in [-0.3, -0.25) is 19.2 Å². The number of sulfonamides is 1. The maximum absolute atomic E-state index is 13.2. The number of alkyl halides is 3. The predicted molar refractivity (Wildman–Crippen MR) is 157 cm³/mol. The number of nitrogens with zero attached hydrogens (tertiary/aromatic N) is 2. The van der Waals surface area contributed by atoms with Crippen molar-refractivity contribution in [2.75, 3.05) is 45.6 Å². The van der Waals surface area contributed by atoms with Gasteiger partial charge in [-0.25, -0.2) is 13.2 Å². The lowest BCUT2D eigenvalue weighted by atomic mass is 9.87. The third-order valence-corrected chi connectivity index (χ3v) is 9.14. The van der Waals surface area contributed by atoms with Crippen LogP contribution in [0.3, 0.4) is 0 Å². The molecule has 0 atom stereocenters. The van der Waals surface area contributed by atoms with Crippen LogP contribution in [0, 0.1) is 0 Å². The summed E-state index contributed by atoms with van der Waals surface area (Å²) in [5.74, 6) is -0.282. The molecule has 2 heterocycles. The first-order valence-corrected chi connectivity index (χ1v) is 15.0. The molecule has 1 spiro atoms. The number of carbonyl (C=O) groups excluding carboxylic acids is 3. The Morgan fingerprint density at radius 2 is 1.64 bits per heavy atom. The second kappa shape index (κ2) is 13.6. The van der Waals surface area contributed by atoms with Gasteiger partial charge in [-0.15, -0.1) is 12.4 Å². The van der Waals surface area contributed by atoms with Gasteiger partial charge in [0.2, 0.25) is 0 Å². The second-order valence-electron chi connectivity index (χ2n) is 10.5. The van der Waals surface area contributed by atoms with Gasteiger partial charge in [0.25, 0.3) is 15.9 Å². The first-order chi connectivity index (χ1) is 20.2. The zero-order valence-electron chi connectivity index (χ0n) is 24.3. The third-order valence-electron chi connectivity index (χ3n) is 7.76. The number of ether oxygens (including phenoxy) is 2. The summed E-state index contributed by atoms with van der Waals surface area (Å²) in [5, 5.41) is 2.81. The monoisotopic (exact) mass is 662 g/mol. The fourth-order valence-corrected chi connectivity index (χ4v) is 6.29. The molecule has 2 aliphatic rings. The number of nitrogens with one attached hydrogen (secondary N) is 2. The Labute approximate surface area is 259 Å². The van der Waals surface area contributed by atoms with Crippen molar-refractivity contribution < 1.29 is 45.4 Å². The molecule has 0 bridgehead atoms. The first-order valence-electron chi connectivity index (χ1n) is 13.5. The molecule has 2 aromatic carbocycles. The van der Waals surface area contributed by atoms with Gasteiger partial charge in [-0.1, -0.05) is 0 Å². The van der Waals surface area contributed by atoms with Crippen molar-refractivity contribution in [2.24, 2.45) is 0 Å². The standard InChI is InChI=1S/C28H33F3N4O7S.ClH/c1-34-25(37)27(32-26(34)38)11-14-35(15-12-27)13-5-4-6-22(36)20-16-21(24(42-3)17-23(20)41-2)33-43(39,40)19-9-7-18(8-10-19)28(29,30)31;/h7-10,16-17,33H,4-6,11-15H2,1-3H3,(H,32,38);1H. The van der Waals surface area contributed by atoms with E-state index in [9.17, 15) is 36.0 Å². The van der Waals surface area contributed by atoms with E-state index in [1.54, 1.807) is 0 Å². The molecule has 44 heavy (non-hydrogen) atoms. The number of imide groups is 1. The van der Waals surface area contributed by atoms with Gasteiger partial charge in [0.05, 0.1) is 35.9 Å². The van der Waals surface area contributed by atoms with Crippen molar-refractivity contribution in [3.63, 3.8) is 0 Å². The largest absolute Gasteiger partial charge is 0.496 e. The minimum absolute atomic E-state index is 0. The average molecular weight is 663 g/mol. The molecule has 0 saturated carbocycles. The van der Waals surface area contributed by atoms with Crippen LogP contribution in [0.2, 0.25) is 0 Å². The maximum Gasteiger partial charge on any atom is 0.416 e. The van der Waals surface area contributed by atoms with Gasteiger partial charge < -0.3 is 19.7 Å². The van der Waals surface area contributed by atoms with Crippen LogP contribution in [-0.4, -0.2) is 82.4 Å². The number of likely N-dealkylation sites (N-methyl/N-ethyl adjacent to an activating group) is 1. The minimum Gasteiger partial charge on any atom is -0.496 e. The molecule has 2 saturated heterocycles. The molecule has 242 valence electrons. The number of amides is 3. The number of halogens is 4. The normalized spacial score (nSPS) is 16.8. The highest BCUT2D eigenvalue weighted by atomic mass is 35.5. The van der Waals surface area contributed by atoms with E-state index in [1.807, 2.05) is 0 Å². The van der Waals surface area contributed by atoms with E-state index in [-0.39, 0.29) is 59.3 Å². The Morgan fingerprint density at radius 3 is 2.16 bits per heavy atom. The van der Waals surface area contributed by atoms with Crippen molar-refractivity contribution in [1.29, 1.82) is 0 Å². The van der Waals surface area contributed by atoms with Gasteiger partial charge in [0, 0.05) is 32.6 Å². The molecule has 2 N–H and O–H groups in total. The lowest BCUT2D eigenvalue weighted by molar-refractivity contribution is -0.137. The Balaban J connectivity index is 0.00000529. The van der Waals surface area contributed by atoms with Crippen LogP contribution in [-0.2, 0) is 21.0 Å². The SMILES string of the molecule is COc1cc(OC)c(C(=O)CCCCN2CCC3(CC2)NC(=O)N(C)C3=O)cc1NS(=O)(=O)c1ccc(C(F)(F)F)cc1.Cl. The van der Waals surface area contributed by atoms with Crippen LogP contribution in [0.15, 0.2) is 41.3 Å². The van der Waals surface area contributed by atoms with Crippen molar-refractivity contribution >= 4 is 45.8 Å². The predicted octanol–water partition coefficient (Wildman–Crippen LogP) is 4.31. The van der Waals surface area contributed by atoms with E-state index < -0.39 is 32.2 Å². The number of hydrogen-bond donors (Lipinski definition) is 2. The summed E-state index contributed by atoms with van der Waals surface area (Å²) in [5.41, 5.74) is -1.79. The molecule has 16 heteroatoms. The number of anilines is 1. The smallest absolute Gasteiger partial charge is 0.416 e. The lowest BCUT2D eigenvalue weighted by Gasteiger charge is -2.37. The summed E-state index contributed by atoms with van der Waals surface area (Å²) in [4.78, 5) is 40.4. The maximum atomic E-state index is 13.2. The number of urea groups is 1. The highest BCUT2D eigenvalue weighted by molar-refractivity contribution is 7.92. The van der Waals surface area contributed by atoms with E-state index in [0.29, 0.717) is 57.5 Å². The summed E-state index contributed by atoms with van der Waals surface area (Å²) >= 11 is 0. The van der Waals surface area contributed by atoms with E-state index in [1.165, 1.54) is 33.4 Å². The van der Waals surface area contributed by atoms with Crippen LogP contribution in [0.4, 0.5) is 23.7 Å². The summed E-state index contributed by atoms with van der Waals surface area (Å²) in [6.45, 7) is 1.95. The van der Waals surface area contributed by atoms with Crippen LogP contribution in [0.5, 0.6) is 11.5 Å². The number of piperidine rings is 1. The molecule has 0 aromatic heterocycles. The van der Waals surface area contributed by atoms with E-state index in [0.717, 1.165) is 17.0 Å². The van der Waals surface area contributed by atoms with Gasteiger partial charge >= 0.3 is 12.2 Å². The van der Waals surface area contributed by atoms with Crippen LogP contribution < -0.4 is 19.5 Å².